The van der Waals surface area contributed by atoms with E-state index in [1.807, 2.05) is 38.1 Å². The number of hydrogen-bond acceptors (Lipinski definition) is 4. The van der Waals surface area contributed by atoms with Crippen molar-refractivity contribution >= 4 is 21.6 Å². The molecule has 2 aromatic rings. The monoisotopic (exact) mass is 388 g/mol. The molecule has 0 saturated carbocycles. The van der Waals surface area contributed by atoms with Crippen LogP contribution >= 0.6 is 0 Å². The SMILES string of the molecule is CC(C)Oc1ccccc1C(=O)NCCS(=O)(=O)N1CCc2ccccc21. The third-order valence-corrected chi connectivity index (χ3v) is 6.09. The molecule has 1 aliphatic heterocycles. The van der Waals surface area contributed by atoms with E-state index in [1.54, 1.807) is 24.3 Å². The van der Waals surface area contributed by atoms with Gasteiger partial charge in [0.05, 0.1) is 23.1 Å². The number of amides is 1. The zero-order valence-electron chi connectivity index (χ0n) is 15.5. The summed E-state index contributed by atoms with van der Waals surface area (Å²) in [6.45, 7) is 4.25. The number of rotatable bonds is 7. The standard InChI is InChI=1S/C20H24N2O4S/c1-15(2)26-19-10-6-4-8-17(19)20(23)21-12-14-27(24,25)22-13-11-16-7-3-5-9-18(16)22/h3-10,15H,11-14H2,1-2H3,(H,21,23). The molecule has 0 atom stereocenters. The number of carbonyl (C=O) groups is 1. The van der Waals surface area contributed by atoms with Crippen LogP contribution in [0.3, 0.4) is 0 Å². The van der Waals surface area contributed by atoms with Gasteiger partial charge < -0.3 is 10.1 Å². The smallest absolute Gasteiger partial charge is 0.255 e. The molecule has 0 saturated heterocycles. The fourth-order valence-corrected chi connectivity index (χ4v) is 4.53. The average molecular weight is 388 g/mol. The second-order valence-corrected chi connectivity index (χ2v) is 8.70. The van der Waals surface area contributed by atoms with E-state index in [0.29, 0.717) is 24.3 Å². The van der Waals surface area contributed by atoms with Crippen molar-refractivity contribution in [2.45, 2.75) is 26.4 Å². The number of benzene rings is 2. The molecule has 0 spiro atoms. The van der Waals surface area contributed by atoms with Crippen molar-refractivity contribution < 1.29 is 17.9 Å². The molecule has 0 unspecified atom stereocenters. The van der Waals surface area contributed by atoms with Crippen LogP contribution in [0.4, 0.5) is 5.69 Å². The Hall–Kier alpha value is -2.54. The molecule has 1 amide bonds. The Morgan fingerprint density at radius 1 is 1.15 bits per heavy atom. The van der Waals surface area contributed by atoms with Gasteiger partial charge in [0.25, 0.3) is 5.91 Å². The Morgan fingerprint density at radius 3 is 2.63 bits per heavy atom. The van der Waals surface area contributed by atoms with E-state index in [9.17, 15) is 13.2 Å². The third kappa shape index (κ3) is 4.42. The highest BCUT2D eigenvalue weighted by Crippen LogP contribution is 2.29. The summed E-state index contributed by atoms with van der Waals surface area (Å²) in [5, 5.41) is 2.69. The number of hydrogen-bond donors (Lipinski definition) is 1. The first-order valence-corrected chi connectivity index (χ1v) is 10.6. The van der Waals surface area contributed by atoms with Gasteiger partial charge in [-0.25, -0.2) is 8.42 Å². The van der Waals surface area contributed by atoms with E-state index in [4.69, 9.17) is 4.74 Å². The largest absolute Gasteiger partial charge is 0.490 e. The van der Waals surface area contributed by atoms with Crippen molar-refractivity contribution in [1.29, 1.82) is 0 Å². The maximum Gasteiger partial charge on any atom is 0.255 e. The molecular formula is C20H24N2O4S. The van der Waals surface area contributed by atoms with Crippen LogP contribution in [0.5, 0.6) is 5.75 Å². The molecule has 2 aromatic carbocycles. The highest BCUT2D eigenvalue weighted by molar-refractivity contribution is 7.92. The van der Waals surface area contributed by atoms with Gasteiger partial charge >= 0.3 is 0 Å². The van der Waals surface area contributed by atoms with E-state index in [1.165, 1.54) is 4.31 Å². The van der Waals surface area contributed by atoms with E-state index in [2.05, 4.69) is 5.32 Å². The van der Waals surface area contributed by atoms with Crippen molar-refractivity contribution in [2.24, 2.45) is 0 Å². The molecule has 0 fully saturated rings. The van der Waals surface area contributed by atoms with Gasteiger partial charge in [-0.3, -0.25) is 9.10 Å². The predicted octanol–water partition coefficient (Wildman–Crippen LogP) is 2.60. The molecular weight excluding hydrogens is 364 g/mol. The first-order valence-electron chi connectivity index (χ1n) is 9.00. The number of nitrogens with one attached hydrogen (secondary N) is 1. The van der Waals surface area contributed by atoms with Crippen LogP contribution in [0, 0.1) is 0 Å². The lowest BCUT2D eigenvalue weighted by atomic mass is 10.2. The van der Waals surface area contributed by atoms with E-state index >= 15 is 0 Å². The lowest BCUT2D eigenvalue weighted by Gasteiger charge is -2.19. The summed E-state index contributed by atoms with van der Waals surface area (Å²) in [6.07, 6.45) is 0.649. The minimum absolute atomic E-state index is 0.0375. The highest BCUT2D eigenvalue weighted by Gasteiger charge is 2.28. The molecule has 6 nitrogen and oxygen atoms in total. The summed E-state index contributed by atoms with van der Waals surface area (Å²) < 4.78 is 32.4. The Labute approximate surface area is 160 Å². The number of para-hydroxylation sites is 2. The summed E-state index contributed by atoms with van der Waals surface area (Å²) in [5.41, 5.74) is 2.17. The number of sulfonamides is 1. The number of carbonyl (C=O) groups excluding carboxylic acids is 1. The van der Waals surface area contributed by atoms with Gasteiger partial charge in [-0.05, 0) is 44.0 Å². The van der Waals surface area contributed by atoms with Crippen LogP contribution in [-0.4, -0.2) is 39.3 Å². The summed E-state index contributed by atoms with van der Waals surface area (Å²) in [5.74, 6) is -0.00935. The summed E-state index contributed by atoms with van der Waals surface area (Å²) in [6, 6.07) is 14.4. The molecule has 1 heterocycles. The van der Waals surface area contributed by atoms with Crippen LogP contribution in [0.2, 0.25) is 0 Å². The van der Waals surface area contributed by atoms with Crippen molar-refractivity contribution in [1.82, 2.24) is 5.32 Å². The molecule has 27 heavy (non-hydrogen) atoms. The molecule has 0 bridgehead atoms. The maximum atomic E-state index is 12.7. The van der Waals surface area contributed by atoms with Crippen molar-refractivity contribution in [3.05, 3.63) is 59.7 Å². The van der Waals surface area contributed by atoms with E-state index < -0.39 is 10.0 Å². The molecule has 144 valence electrons. The number of anilines is 1. The van der Waals surface area contributed by atoms with Crippen molar-refractivity contribution in [3.8, 4) is 5.75 Å². The van der Waals surface area contributed by atoms with E-state index in [-0.39, 0.29) is 24.3 Å². The second kappa shape index (κ2) is 8.00. The topological polar surface area (TPSA) is 75.7 Å². The van der Waals surface area contributed by atoms with Gasteiger partial charge in [-0.15, -0.1) is 0 Å². The Bertz CT molecular complexity index is 925. The predicted molar refractivity (Wildman–Crippen MR) is 106 cm³/mol. The van der Waals surface area contributed by atoms with Gasteiger partial charge in [0.2, 0.25) is 10.0 Å². The molecule has 7 heteroatoms. The van der Waals surface area contributed by atoms with Crippen LogP contribution in [0.25, 0.3) is 0 Å². The molecule has 0 aromatic heterocycles. The zero-order valence-corrected chi connectivity index (χ0v) is 16.3. The lowest BCUT2D eigenvalue weighted by Crippen LogP contribution is -2.37. The molecule has 3 rings (SSSR count). The fourth-order valence-electron chi connectivity index (χ4n) is 3.11. The average Bonchev–Trinajstić information content (AvgIpc) is 3.06. The van der Waals surface area contributed by atoms with Crippen molar-refractivity contribution in [3.63, 3.8) is 0 Å². The lowest BCUT2D eigenvalue weighted by molar-refractivity contribution is 0.0950. The first-order chi connectivity index (χ1) is 12.9. The number of fused-ring (bicyclic) bond motifs is 1. The van der Waals surface area contributed by atoms with E-state index in [0.717, 1.165) is 11.3 Å². The number of ether oxygens (including phenoxy) is 1. The Morgan fingerprint density at radius 2 is 1.85 bits per heavy atom. The van der Waals surface area contributed by atoms with Crippen LogP contribution < -0.4 is 14.4 Å². The van der Waals surface area contributed by atoms with Gasteiger partial charge in [0.15, 0.2) is 0 Å². The summed E-state index contributed by atoms with van der Waals surface area (Å²) in [4.78, 5) is 12.5. The van der Waals surface area contributed by atoms with Crippen LogP contribution in [0.15, 0.2) is 48.5 Å². The van der Waals surface area contributed by atoms with Crippen LogP contribution in [-0.2, 0) is 16.4 Å². The van der Waals surface area contributed by atoms with Gasteiger partial charge in [-0.2, -0.15) is 0 Å². The van der Waals surface area contributed by atoms with Gasteiger partial charge in [-0.1, -0.05) is 30.3 Å². The minimum Gasteiger partial charge on any atom is -0.490 e. The highest BCUT2D eigenvalue weighted by atomic mass is 32.2. The normalized spacial score (nSPS) is 13.5. The quantitative estimate of drug-likeness (QED) is 0.791. The minimum atomic E-state index is -3.49. The van der Waals surface area contributed by atoms with Crippen molar-refractivity contribution in [2.75, 3.05) is 23.1 Å². The third-order valence-electron chi connectivity index (χ3n) is 4.32. The summed E-state index contributed by atoms with van der Waals surface area (Å²) >= 11 is 0. The zero-order chi connectivity index (χ0) is 19.4. The second-order valence-electron chi connectivity index (χ2n) is 6.69. The Balaban J connectivity index is 1.62. The fraction of sp³-hybridized carbons (Fsp3) is 0.350. The Kier molecular flexibility index (Phi) is 5.70. The number of nitrogens with zero attached hydrogens (tertiary/aromatic N) is 1. The van der Waals surface area contributed by atoms with Crippen LogP contribution in [0.1, 0.15) is 29.8 Å². The first kappa shape index (κ1) is 19.2. The summed E-state index contributed by atoms with van der Waals surface area (Å²) in [7, 11) is -3.49. The van der Waals surface area contributed by atoms with Gasteiger partial charge in [0.1, 0.15) is 5.75 Å². The molecule has 0 aliphatic carbocycles. The molecule has 0 radical (unpaired) electrons. The molecule has 1 aliphatic rings. The molecule has 1 N–H and O–H groups in total. The maximum absolute atomic E-state index is 12.7. The van der Waals surface area contributed by atoms with Gasteiger partial charge in [0, 0.05) is 13.1 Å².